The maximum absolute atomic E-state index is 12.6. The molecule has 21 heavy (non-hydrogen) atoms. The third kappa shape index (κ3) is 3.97. The molecule has 1 aliphatic heterocycles. The van der Waals surface area contributed by atoms with Gasteiger partial charge in [0.1, 0.15) is 0 Å². The normalized spacial score (nSPS) is 17.7. The van der Waals surface area contributed by atoms with Gasteiger partial charge in [-0.3, -0.25) is 4.90 Å². The minimum Gasteiger partial charge on any atom is -0.465 e. The third-order valence-electron chi connectivity index (χ3n) is 3.87. The minimum absolute atomic E-state index is 0.115. The van der Waals surface area contributed by atoms with Crippen LogP contribution in [0.5, 0.6) is 0 Å². The fourth-order valence-corrected chi connectivity index (χ4v) is 2.63. The van der Waals surface area contributed by atoms with Crippen molar-refractivity contribution in [2.24, 2.45) is 5.92 Å². The molecule has 1 aromatic rings. The Balaban J connectivity index is 2.00. The Morgan fingerprint density at radius 3 is 2.48 bits per heavy atom. The highest BCUT2D eigenvalue weighted by molar-refractivity contribution is 5.90. The van der Waals surface area contributed by atoms with Crippen molar-refractivity contribution in [3.63, 3.8) is 0 Å². The van der Waals surface area contributed by atoms with Gasteiger partial charge in [0.2, 0.25) is 0 Å². The van der Waals surface area contributed by atoms with Crippen LogP contribution >= 0.6 is 0 Å². The summed E-state index contributed by atoms with van der Waals surface area (Å²) in [6, 6.07) is 7.03. The first-order valence-electron chi connectivity index (χ1n) is 6.87. The summed E-state index contributed by atoms with van der Waals surface area (Å²) >= 11 is 0. The number of alkyl halides is 3. The fraction of sp³-hybridized carbons (Fsp3) is 0.533. The zero-order valence-corrected chi connectivity index (χ0v) is 11.8. The van der Waals surface area contributed by atoms with E-state index in [0.29, 0.717) is 25.2 Å². The quantitative estimate of drug-likeness (QED) is 0.803. The largest absolute Gasteiger partial charge is 0.465 e. The second kappa shape index (κ2) is 6.47. The summed E-state index contributed by atoms with van der Waals surface area (Å²) in [7, 11) is 1.31. The van der Waals surface area contributed by atoms with Gasteiger partial charge in [0, 0.05) is 6.54 Å². The highest BCUT2D eigenvalue weighted by Crippen LogP contribution is 2.34. The average molecular weight is 301 g/mol. The number of piperidine rings is 1. The Morgan fingerprint density at radius 1 is 1.29 bits per heavy atom. The number of esters is 1. The first-order chi connectivity index (χ1) is 9.91. The van der Waals surface area contributed by atoms with E-state index in [1.807, 2.05) is 17.0 Å². The highest BCUT2D eigenvalue weighted by Gasteiger charge is 2.41. The molecule has 0 bridgehead atoms. The lowest BCUT2D eigenvalue weighted by Crippen LogP contribution is -2.38. The standard InChI is InChI=1S/C15H18F3NO2/c1-21-14(20)13-5-3-2-4-11(13)10-19-8-6-12(7-9-19)15(16,17)18/h2-5,12H,6-10H2,1H3. The number of carbonyl (C=O) groups is 1. The lowest BCUT2D eigenvalue weighted by molar-refractivity contribution is -0.185. The number of rotatable bonds is 3. The van der Waals surface area contributed by atoms with Crippen LogP contribution in [0.4, 0.5) is 13.2 Å². The van der Waals surface area contributed by atoms with E-state index < -0.39 is 18.1 Å². The topological polar surface area (TPSA) is 29.5 Å². The van der Waals surface area contributed by atoms with E-state index >= 15 is 0 Å². The van der Waals surface area contributed by atoms with Crippen molar-refractivity contribution in [1.82, 2.24) is 4.90 Å². The molecule has 0 N–H and O–H groups in total. The van der Waals surface area contributed by atoms with E-state index in [1.165, 1.54) is 7.11 Å². The number of hydrogen-bond acceptors (Lipinski definition) is 3. The molecule has 0 spiro atoms. The molecular weight excluding hydrogens is 283 g/mol. The van der Waals surface area contributed by atoms with Gasteiger partial charge in [0.05, 0.1) is 18.6 Å². The fourth-order valence-electron chi connectivity index (χ4n) is 2.63. The Hall–Kier alpha value is -1.56. The Kier molecular flexibility index (Phi) is 4.88. The molecule has 0 unspecified atom stereocenters. The number of halogens is 3. The van der Waals surface area contributed by atoms with Crippen LogP contribution in [0.3, 0.4) is 0 Å². The van der Waals surface area contributed by atoms with Gasteiger partial charge in [-0.25, -0.2) is 4.79 Å². The summed E-state index contributed by atoms with van der Waals surface area (Å²) in [4.78, 5) is 13.6. The van der Waals surface area contributed by atoms with Gasteiger partial charge in [-0.15, -0.1) is 0 Å². The van der Waals surface area contributed by atoms with Crippen LogP contribution in [0.15, 0.2) is 24.3 Å². The molecule has 1 aliphatic rings. The molecular formula is C15H18F3NO2. The van der Waals surface area contributed by atoms with Crippen molar-refractivity contribution < 1.29 is 22.7 Å². The number of nitrogens with zero attached hydrogens (tertiary/aromatic N) is 1. The van der Waals surface area contributed by atoms with Crippen LogP contribution in [-0.2, 0) is 11.3 Å². The average Bonchev–Trinajstić information content (AvgIpc) is 2.46. The smallest absolute Gasteiger partial charge is 0.391 e. The predicted octanol–water partition coefficient (Wildman–Crippen LogP) is 3.25. The first-order valence-corrected chi connectivity index (χ1v) is 6.87. The second-order valence-corrected chi connectivity index (χ2v) is 5.24. The molecule has 116 valence electrons. The number of carbonyl (C=O) groups excluding carboxylic acids is 1. The summed E-state index contributed by atoms with van der Waals surface area (Å²) in [5, 5.41) is 0. The number of benzene rings is 1. The van der Waals surface area contributed by atoms with Crippen molar-refractivity contribution in [3.05, 3.63) is 35.4 Å². The van der Waals surface area contributed by atoms with Gasteiger partial charge in [0.25, 0.3) is 0 Å². The second-order valence-electron chi connectivity index (χ2n) is 5.24. The number of hydrogen-bond donors (Lipinski definition) is 0. The summed E-state index contributed by atoms with van der Waals surface area (Å²) < 4.78 is 42.6. The van der Waals surface area contributed by atoms with E-state index in [2.05, 4.69) is 0 Å². The maximum Gasteiger partial charge on any atom is 0.391 e. The molecule has 3 nitrogen and oxygen atoms in total. The van der Waals surface area contributed by atoms with Crippen molar-refractivity contribution in [3.8, 4) is 0 Å². The van der Waals surface area contributed by atoms with Crippen molar-refractivity contribution in [1.29, 1.82) is 0 Å². The van der Waals surface area contributed by atoms with Crippen molar-refractivity contribution in [2.45, 2.75) is 25.6 Å². The van der Waals surface area contributed by atoms with Gasteiger partial charge in [-0.1, -0.05) is 18.2 Å². The maximum atomic E-state index is 12.6. The van der Waals surface area contributed by atoms with Crippen LogP contribution in [0.2, 0.25) is 0 Å². The van der Waals surface area contributed by atoms with E-state index in [-0.39, 0.29) is 12.8 Å². The van der Waals surface area contributed by atoms with Gasteiger partial charge < -0.3 is 4.74 Å². The molecule has 0 saturated carbocycles. The molecule has 0 radical (unpaired) electrons. The zero-order valence-electron chi connectivity index (χ0n) is 11.8. The lowest BCUT2D eigenvalue weighted by Gasteiger charge is -2.33. The number of likely N-dealkylation sites (tertiary alicyclic amines) is 1. The molecule has 0 amide bonds. The van der Waals surface area contributed by atoms with E-state index in [9.17, 15) is 18.0 Å². The monoisotopic (exact) mass is 301 g/mol. The zero-order chi connectivity index (χ0) is 15.5. The first kappa shape index (κ1) is 15.8. The summed E-state index contributed by atoms with van der Waals surface area (Å²) in [5.41, 5.74) is 1.26. The van der Waals surface area contributed by atoms with Crippen LogP contribution in [0.1, 0.15) is 28.8 Å². The molecule has 1 aromatic carbocycles. The molecule has 1 heterocycles. The highest BCUT2D eigenvalue weighted by atomic mass is 19.4. The molecule has 6 heteroatoms. The molecule has 1 fully saturated rings. The van der Waals surface area contributed by atoms with Gasteiger partial charge >= 0.3 is 12.1 Å². The van der Waals surface area contributed by atoms with Gasteiger partial charge in [0.15, 0.2) is 0 Å². The van der Waals surface area contributed by atoms with Crippen LogP contribution in [-0.4, -0.2) is 37.2 Å². The molecule has 1 saturated heterocycles. The lowest BCUT2D eigenvalue weighted by atomic mass is 9.95. The molecule has 2 rings (SSSR count). The number of ether oxygens (including phenoxy) is 1. The van der Waals surface area contributed by atoms with Crippen molar-refractivity contribution in [2.75, 3.05) is 20.2 Å². The Morgan fingerprint density at radius 2 is 1.90 bits per heavy atom. The van der Waals surface area contributed by atoms with E-state index in [0.717, 1.165) is 5.56 Å². The SMILES string of the molecule is COC(=O)c1ccccc1CN1CCC(C(F)(F)F)CC1. The van der Waals surface area contributed by atoms with Gasteiger partial charge in [-0.05, 0) is 37.6 Å². The van der Waals surface area contributed by atoms with Crippen LogP contribution < -0.4 is 0 Å². The molecule has 0 atom stereocenters. The van der Waals surface area contributed by atoms with Crippen molar-refractivity contribution >= 4 is 5.97 Å². The van der Waals surface area contributed by atoms with E-state index in [4.69, 9.17) is 4.74 Å². The van der Waals surface area contributed by atoms with E-state index in [1.54, 1.807) is 12.1 Å². The minimum atomic E-state index is -4.10. The summed E-state index contributed by atoms with van der Waals surface area (Å²) in [6.45, 7) is 1.25. The van der Waals surface area contributed by atoms with Crippen LogP contribution in [0, 0.1) is 5.92 Å². The Labute approximate surface area is 121 Å². The third-order valence-corrected chi connectivity index (χ3v) is 3.87. The van der Waals surface area contributed by atoms with Gasteiger partial charge in [-0.2, -0.15) is 13.2 Å². The Bertz CT molecular complexity index is 494. The molecule has 0 aliphatic carbocycles. The predicted molar refractivity (Wildman–Crippen MR) is 71.8 cm³/mol. The number of methoxy groups -OCH3 is 1. The summed E-state index contributed by atoms with van der Waals surface area (Å²) in [6.07, 6.45) is -3.87. The summed E-state index contributed by atoms with van der Waals surface area (Å²) in [5.74, 6) is -1.62. The van der Waals surface area contributed by atoms with Crippen LogP contribution in [0.25, 0.3) is 0 Å². The molecule has 0 aromatic heterocycles.